The summed E-state index contributed by atoms with van der Waals surface area (Å²) in [5.74, 6) is -1.50. The molecule has 31 heavy (non-hydrogen) atoms. The molecule has 0 spiro atoms. The Hall–Kier alpha value is -3.38. The number of ether oxygens (including phenoxy) is 3. The Kier molecular flexibility index (Phi) is 7.26. The molecular formula is C19H20N2O9S. The number of amides is 2. The van der Waals surface area contributed by atoms with E-state index < -0.39 is 34.4 Å². The van der Waals surface area contributed by atoms with Gasteiger partial charge in [-0.3, -0.25) is 19.7 Å². The van der Waals surface area contributed by atoms with E-state index in [4.69, 9.17) is 18.6 Å². The number of esters is 1. The molecule has 0 saturated carbocycles. The van der Waals surface area contributed by atoms with E-state index >= 15 is 0 Å². The molecule has 0 unspecified atom stereocenters. The second-order valence-corrected chi connectivity index (χ2v) is 8.09. The molecule has 166 valence electrons. The third kappa shape index (κ3) is 6.30. The summed E-state index contributed by atoms with van der Waals surface area (Å²) in [4.78, 5) is 34.9. The van der Waals surface area contributed by atoms with E-state index in [9.17, 15) is 22.8 Å². The van der Waals surface area contributed by atoms with E-state index in [-0.39, 0.29) is 30.0 Å². The van der Waals surface area contributed by atoms with Gasteiger partial charge in [0.2, 0.25) is 10.0 Å². The predicted octanol–water partition coefficient (Wildman–Crippen LogP) is 0.609. The lowest BCUT2D eigenvalue weighted by Gasteiger charge is -2.18. The van der Waals surface area contributed by atoms with E-state index in [1.54, 1.807) is 0 Å². The maximum Gasteiger partial charge on any atom is 0.306 e. The van der Waals surface area contributed by atoms with Gasteiger partial charge in [0.15, 0.2) is 23.9 Å². The summed E-state index contributed by atoms with van der Waals surface area (Å²) in [5.41, 5.74) is 0. The number of hydrogen-bond acceptors (Lipinski definition) is 9. The molecule has 12 heteroatoms. The average Bonchev–Trinajstić information content (AvgIpc) is 3.30. The molecular weight excluding hydrogens is 432 g/mol. The van der Waals surface area contributed by atoms with Crippen LogP contribution in [-0.2, 0) is 24.3 Å². The summed E-state index contributed by atoms with van der Waals surface area (Å²) in [6.45, 7) is 0.0692. The summed E-state index contributed by atoms with van der Waals surface area (Å²) in [6, 6.07) is 7.14. The molecule has 0 radical (unpaired) electrons. The zero-order valence-corrected chi connectivity index (χ0v) is 17.1. The molecule has 11 nitrogen and oxygen atoms in total. The molecule has 3 rings (SSSR count). The normalized spacial score (nSPS) is 12.8. The van der Waals surface area contributed by atoms with Crippen molar-refractivity contribution in [2.45, 2.75) is 17.7 Å². The third-order valence-corrected chi connectivity index (χ3v) is 5.49. The van der Waals surface area contributed by atoms with Crippen molar-refractivity contribution in [3.05, 3.63) is 42.4 Å². The minimum Gasteiger partial charge on any atom is -0.486 e. The Labute approximate surface area is 177 Å². The lowest BCUT2D eigenvalue weighted by atomic mass is 10.3. The fraction of sp³-hybridized carbons (Fsp3) is 0.316. The summed E-state index contributed by atoms with van der Waals surface area (Å²) < 4.78 is 47.4. The van der Waals surface area contributed by atoms with Gasteiger partial charge in [-0.1, -0.05) is 0 Å². The van der Waals surface area contributed by atoms with Crippen LogP contribution in [0.2, 0.25) is 0 Å². The minimum atomic E-state index is -3.80. The second-order valence-electron chi connectivity index (χ2n) is 6.32. The van der Waals surface area contributed by atoms with Crippen molar-refractivity contribution >= 4 is 27.8 Å². The zero-order chi connectivity index (χ0) is 22.3. The lowest BCUT2D eigenvalue weighted by molar-refractivity contribution is -0.148. The number of furan rings is 1. The highest BCUT2D eigenvalue weighted by molar-refractivity contribution is 7.89. The van der Waals surface area contributed by atoms with Crippen LogP contribution in [0.15, 0.2) is 45.9 Å². The lowest BCUT2D eigenvalue weighted by Crippen LogP contribution is -2.34. The van der Waals surface area contributed by atoms with E-state index in [2.05, 4.69) is 4.72 Å². The number of nitrogens with one attached hydrogen (secondary N) is 2. The van der Waals surface area contributed by atoms with Crippen LogP contribution in [0.5, 0.6) is 11.5 Å². The van der Waals surface area contributed by atoms with Gasteiger partial charge in [0, 0.05) is 19.0 Å². The van der Waals surface area contributed by atoms with Crippen LogP contribution in [0.25, 0.3) is 0 Å². The summed E-state index contributed by atoms with van der Waals surface area (Å²) >= 11 is 0. The van der Waals surface area contributed by atoms with Crippen molar-refractivity contribution in [3.63, 3.8) is 0 Å². The standard InChI is InChI=1S/C19H20N2O9S/c22-17(21-19(24)15-3-2-8-27-15)12-30-18(23)4-1-7-20-31(25,26)13-5-6-14-16(11-13)29-10-9-28-14/h2-3,5-6,8,11,20H,1,4,7,9-10,12H2,(H,21,22,24). The van der Waals surface area contributed by atoms with Gasteiger partial charge >= 0.3 is 5.97 Å². The monoisotopic (exact) mass is 452 g/mol. The predicted molar refractivity (Wildman–Crippen MR) is 104 cm³/mol. The molecule has 1 aliphatic heterocycles. The first-order valence-corrected chi connectivity index (χ1v) is 10.8. The highest BCUT2D eigenvalue weighted by atomic mass is 32.2. The van der Waals surface area contributed by atoms with Crippen LogP contribution in [0.3, 0.4) is 0 Å². The van der Waals surface area contributed by atoms with Gasteiger partial charge in [0.1, 0.15) is 13.2 Å². The number of benzene rings is 1. The summed E-state index contributed by atoms with van der Waals surface area (Å²) in [6.07, 6.45) is 1.31. The van der Waals surface area contributed by atoms with E-state index in [0.29, 0.717) is 24.7 Å². The Morgan fingerprint density at radius 1 is 1.06 bits per heavy atom. The Bertz CT molecular complexity index is 1050. The fourth-order valence-corrected chi connectivity index (χ4v) is 3.65. The molecule has 1 aromatic heterocycles. The number of hydrogen-bond donors (Lipinski definition) is 2. The number of fused-ring (bicyclic) bond motifs is 1. The number of carbonyl (C=O) groups excluding carboxylic acids is 3. The third-order valence-electron chi connectivity index (χ3n) is 4.04. The average molecular weight is 452 g/mol. The first kappa shape index (κ1) is 22.3. The number of sulfonamides is 1. The van der Waals surface area contributed by atoms with E-state index in [0.717, 1.165) is 0 Å². The van der Waals surface area contributed by atoms with Crippen LogP contribution in [0.4, 0.5) is 0 Å². The molecule has 1 aliphatic rings. The minimum absolute atomic E-state index is 0.0113. The molecule has 2 heterocycles. The van der Waals surface area contributed by atoms with Gasteiger partial charge in [-0.25, -0.2) is 13.1 Å². The molecule has 2 amide bonds. The van der Waals surface area contributed by atoms with Crippen molar-refractivity contribution in [2.75, 3.05) is 26.4 Å². The zero-order valence-electron chi connectivity index (χ0n) is 16.3. The van der Waals surface area contributed by atoms with Crippen LogP contribution >= 0.6 is 0 Å². The maximum absolute atomic E-state index is 12.4. The number of imide groups is 1. The topological polar surface area (TPSA) is 150 Å². The SMILES string of the molecule is O=C(COC(=O)CCCNS(=O)(=O)c1ccc2c(c1)OCCO2)NC(=O)c1ccco1. The van der Waals surface area contributed by atoms with Crippen LogP contribution in [0, 0.1) is 0 Å². The molecule has 2 aromatic rings. The second kappa shape index (κ2) is 10.1. The van der Waals surface area contributed by atoms with E-state index in [1.807, 2.05) is 5.32 Å². The summed E-state index contributed by atoms with van der Waals surface area (Å²) in [5, 5.41) is 2.00. The molecule has 2 N–H and O–H groups in total. The van der Waals surface area contributed by atoms with Crippen LogP contribution < -0.4 is 19.5 Å². The van der Waals surface area contributed by atoms with Crippen molar-refractivity contribution in [2.24, 2.45) is 0 Å². The number of rotatable bonds is 9. The summed E-state index contributed by atoms with van der Waals surface area (Å²) in [7, 11) is -3.80. The van der Waals surface area contributed by atoms with E-state index in [1.165, 1.54) is 36.6 Å². The molecule has 0 aliphatic carbocycles. The van der Waals surface area contributed by atoms with Crippen molar-refractivity contribution in [1.29, 1.82) is 0 Å². The largest absolute Gasteiger partial charge is 0.486 e. The van der Waals surface area contributed by atoms with Crippen molar-refractivity contribution in [3.8, 4) is 11.5 Å². The Morgan fingerprint density at radius 3 is 2.58 bits per heavy atom. The van der Waals surface area contributed by atoms with Gasteiger partial charge in [-0.15, -0.1) is 0 Å². The first-order valence-electron chi connectivity index (χ1n) is 9.28. The highest BCUT2D eigenvalue weighted by Gasteiger charge is 2.19. The van der Waals surface area contributed by atoms with Crippen molar-refractivity contribution in [1.82, 2.24) is 10.0 Å². The molecule has 0 bridgehead atoms. The van der Waals surface area contributed by atoms with Gasteiger partial charge in [0.05, 0.1) is 11.2 Å². The highest BCUT2D eigenvalue weighted by Crippen LogP contribution is 2.32. The molecule has 0 atom stereocenters. The van der Waals surface area contributed by atoms with Gasteiger partial charge in [-0.2, -0.15) is 0 Å². The first-order chi connectivity index (χ1) is 14.8. The maximum atomic E-state index is 12.4. The Balaban J connectivity index is 1.36. The van der Waals surface area contributed by atoms with Crippen LogP contribution in [0.1, 0.15) is 23.4 Å². The van der Waals surface area contributed by atoms with Gasteiger partial charge in [-0.05, 0) is 30.7 Å². The van der Waals surface area contributed by atoms with Gasteiger partial charge < -0.3 is 18.6 Å². The molecule has 1 aromatic carbocycles. The molecule has 0 fully saturated rings. The van der Waals surface area contributed by atoms with Crippen LogP contribution in [-0.4, -0.2) is 52.6 Å². The number of carbonyl (C=O) groups is 3. The Morgan fingerprint density at radius 2 is 1.84 bits per heavy atom. The van der Waals surface area contributed by atoms with Crippen molar-refractivity contribution < 1.29 is 41.4 Å². The quantitative estimate of drug-likeness (QED) is 0.412. The van der Waals surface area contributed by atoms with Gasteiger partial charge in [0.25, 0.3) is 11.8 Å². The molecule has 0 saturated heterocycles. The smallest absolute Gasteiger partial charge is 0.306 e. The fourth-order valence-electron chi connectivity index (χ4n) is 2.56.